The summed E-state index contributed by atoms with van der Waals surface area (Å²) >= 11 is 0. The van der Waals surface area contributed by atoms with Crippen molar-refractivity contribution in [3.63, 3.8) is 0 Å². The molecule has 2 heterocycles. The van der Waals surface area contributed by atoms with Crippen molar-refractivity contribution in [1.29, 1.82) is 0 Å². The molecule has 18 heavy (non-hydrogen) atoms. The van der Waals surface area contributed by atoms with Gasteiger partial charge in [0.05, 0.1) is 11.6 Å². The van der Waals surface area contributed by atoms with Crippen LogP contribution in [-0.2, 0) is 0 Å². The van der Waals surface area contributed by atoms with E-state index in [1.54, 1.807) is 19.1 Å². The summed E-state index contributed by atoms with van der Waals surface area (Å²) in [5.74, 6) is 0.408. The molecule has 0 spiro atoms. The van der Waals surface area contributed by atoms with Gasteiger partial charge in [-0.2, -0.15) is 0 Å². The maximum atomic E-state index is 13.2. The molecule has 0 aliphatic heterocycles. The van der Waals surface area contributed by atoms with Crippen LogP contribution in [0.15, 0.2) is 50.2 Å². The highest BCUT2D eigenvalue weighted by Crippen LogP contribution is 2.24. The lowest BCUT2D eigenvalue weighted by Gasteiger charge is -2.04. The van der Waals surface area contributed by atoms with E-state index in [0.29, 0.717) is 22.7 Å². The minimum atomic E-state index is -0.468. The third kappa shape index (κ3) is 1.54. The summed E-state index contributed by atoms with van der Waals surface area (Å²) in [4.78, 5) is 12.3. The van der Waals surface area contributed by atoms with E-state index in [4.69, 9.17) is 8.83 Å². The van der Waals surface area contributed by atoms with Gasteiger partial charge in [-0.3, -0.25) is 4.79 Å². The van der Waals surface area contributed by atoms with Crippen LogP contribution in [0.3, 0.4) is 0 Å². The molecular formula is C14H9FO3. The Balaban J connectivity index is 2.43. The quantitative estimate of drug-likeness (QED) is 0.658. The molecule has 0 atom stereocenters. The van der Waals surface area contributed by atoms with Crippen molar-refractivity contribution in [3.8, 4) is 11.3 Å². The second-order valence-electron chi connectivity index (χ2n) is 3.98. The molecule has 3 aromatic rings. The molecule has 0 bridgehead atoms. The highest BCUT2D eigenvalue weighted by molar-refractivity contribution is 5.81. The number of hydrogen-bond donors (Lipinski definition) is 0. The zero-order valence-electron chi connectivity index (χ0n) is 9.57. The van der Waals surface area contributed by atoms with Crippen LogP contribution in [0.1, 0.15) is 5.76 Å². The number of fused-ring (bicyclic) bond motifs is 1. The van der Waals surface area contributed by atoms with E-state index in [9.17, 15) is 9.18 Å². The SMILES string of the molecule is Cc1oc2ccc(F)cc2c(=O)c1-c1ccco1. The average molecular weight is 244 g/mol. The van der Waals surface area contributed by atoms with Crippen molar-refractivity contribution in [3.05, 3.63) is 58.4 Å². The summed E-state index contributed by atoms with van der Waals surface area (Å²) in [5.41, 5.74) is 0.413. The number of benzene rings is 1. The molecule has 90 valence electrons. The first-order valence-electron chi connectivity index (χ1n) is 5.43. The normalized spacial score (nSPS) is 11.0. The van der Waals surface area contributed by atoms with Gasteiger partial charge in [-0.05, 0) is 37.3 Å². The van der Waals surface area contributed by atoms with Crippen LogP contribution in [0.25, 0.3) is 22.3 Å². The van der Waals surface area contributed by atoms with Crippen LogP contribution in [0.5, 0.6) is 0 Å². The lowest BCUT2D eigenvalue weighted by Crippen LogP contribution is -2.07. The molecule has 0 amide bonds. The van der Waals surface area contributed by atoms with Gasteiger partial charge in [0.25, 0.3) is 0 Å². The second-order valence-corrected chi connectivity index (χ2v) is 3.98. The van der Waals surface area contributed by atoms with Gasteiger partial charge in [0.2, 0.25) is 5.43 Å². The first-order chi connectivity index (χ1) is 8.66. The Bertz CT molecular complexity index is 770. The lowest BCUT2D eigenvalue weighted by atomic mass is 10.1. The Labute approximate surface area is 101 Å². The van der Waals surface area contributed by atoms with E-state index >= 15 is 0 Å². The maximum absolute atomic E-state index is 13.2. The first-order valence-corrected chi connectivity index (χ1v) is 5.43. The first kappa shape index (κ1) is 10.8. The van der Waals surface area contributed by atoms with Crippen LogP contribution >= 0.6 is 0 Å². The smallest absolute Gasteiger partial charge is 0.204 e. The van der Waals surface area contributed by atoms with Gasteiger partial charge in [-0.15, -0.1) is 0 Å². The molecular weight excluding hydrogens is 235 g/mol. The van der Waals surface area contributed by atoms with Crippen LogP contribution in [-0.4, -0.2) is 0 Å². The molecule has 0 aliphatic carbocycles. The van der Waals surface area contributed by atoms with Crippen LogP contribution in [0, 0.1) is 12.7 Å². The number of aryl methyl sites for hydroxylation is 1. The predicted octanol–water partition coefficient (Wildman–Crippen LogP) is 3.50. The lowest BCUT2D eigenvalue weighted by molar-refractivity contribution is 0.548. The fourth-order valence-corrected chi connectivity index (χ4v) is 1.99. The molecule has 2 aromatic heterocycles. The predicted molar refractivity (Wildman–Crippen MR) is 64.9 cm³/mol. The number of hydrogen-bond acceptors (Lipinski definition) is 3. The molecule has 0 fully saturated rings. The number of halogens is 1. The summed E-state index contributed by atoms with van der Waals surface area (Å²) < 4.78 is 23.9. The molecule has 0 radical (unpaired) electrons. The van der Waals surface area contributed by atoms with Gasteiger partial charge >= 0.3 is 0 Å². The van der Waals surface area contributed by atoms with Crippen molar-refractivity contribution < 1.29 is 13.2 Å². The fraction of sp³-hybridized carbons (Fsp3) is 0.0714. The zero-order valence-corrected chi connectivity index (χ0v) is 9.57. The molecule has 0 saturated heterocycles. The Morgan fingerprint density at radius 3 is 2.78 bits per heavy atom. The second kappa shape index (κ2) is 3.84. The van der Waals surface area contributed by atoms with Gasteiger partial charge in [-0.1, -0.05) is 0 Å². The Kier molecular flexibility index (Phi) is 2.30. The maximum Gasteiger partial charge on any atom is 0.204 e. The van der Waals surface area contributed by atoms with Crippen LogP contribution in [0.2, 0.25) is 0 Å². The minimum absolute atomic E-state index is 0.215. The highest BCUT2D eigenvalue weighted by Gasteiger charge is 2.15. The Morgan fingerprint density at radius 2 is 2.06 bits per heavy atom. The Morgan fingerprint density at radius 1 is 1.22 bits per heavy atom. The third-order valence-electron chi connectivity index (χ3n) is 2.80. The summed E-state index contributed by atoms with van der Waals surface area (Å²) in [6.45, 7) is 1.68. The van der Waals surface area contributed by atoms with Crippen molar-refractivity contribution in [2.24, 2.45) is 0 Å². The van der Waals surface area contributed by atoms with Gasteiger partial charge < -0.3 is 8.83 Å². The van der Waals surface area contributed by atoms with E-state index in [1.165, 1.54) is 24.5 Å². The monoisotopic (exact) mass is 244 g/mol. The van der Waals surface area contributed by atoms with E-state index < -0.39 is 5.82 Å². The van der Waals surface area contributed by atoms with Crippen molar-refractivity contribution in [2.75, 3.05) is 0 Å². The summed E-state index contributed by atoms with van der Waals surface area (Å²) in [5, 5.41) is 0.215. The van der Waals surface area contributed by atoms with Crippen LogP contribution < -0.4 is 5.43 Å². The highest BCUT2D eigenvalue weighted by atomic mass is 19.1. The molecule has 3 rings (SSSR count). The Hall–Kier alpha value is -2.36. The summed E-state index contributed by atoms with van der Waals surface area (Å²) in [7, 11) is 0. The minimum Gasteiger partial charge on any atom is -0.464 e. The van der Waals surface area contributed by atoms with Gasteiger partial charge in [0.1, 0.15) is 28.5 Å². The topological polar surface area (TPSA) is 43.4 Å². The van der Waals surface area contributed by atoms with Crippen LogP contribution in [0.4, 0.5) is 4.39 Å². The molecule has 3 nitrogen and oxygen atoms in total. The molecule has 4 heteroatoms. The van der Waals surface area contributed by atoms with E-state index in [0.717, 1.165) is 0 Å². The standard InChI is InChI=1S/C14H9FO3/c1-8-13(12-3-2-6-17-12)14(16)10-7-9(15)4-5-11(10)18-8/h2-7H,1H3. The van der Waals surface area contributed by atoms with E-state index in [2.05, 4.69) is 0 Å². The van der Waals surface area contributed by atoms with Gasteiger partial charge in [-0.25, -0.2) is 4.39 Å². The van der Waals surface area contributed by atoms with E-state index in [-0.39, 0.29) is 10.8 Å². The van der Waals surface area contributed by atoms with Crippen molar-refractivity contribution in [2.45, 2.75) is 6.92 Å². The van der Waals surface area contributed by atoms with E-state index in [1.807, 2.05) is 0 Å². The molecule has 0 N–H and O–H groups in total. The molecule has 0 unspecified atom stereocenters. The fourth-order valence-electron chi connectivity index (χ4n) is 1.99. The summed E-state index contributed by atoms with van der Waals surface area (Å²) in [6, 6.07) is 7.24. The largest absolute Gasteiger partial charge is 0.464 e. The summed E-state index contributed by atoms with van der Waals surface area (Å²) in [6.07, 6.45) is 1.48. The number of furan rings is 1. The molecule has 0 aliphatic rings. The van der Waals surface area contributed by atoms with Crippen molar-refractivity contribution >= 4 is 11.0 Å². The van der Waals surface area contributed by atoms with Crippen molar-refractivity contribution in [1.82, 2.24) is 0 Å². The zero-order chi connectivity index (χ0) is 12.7. The van der Waals surface area contributed by atoms with Gasteiger partial charge in [0.15, 0.2) is 0 Å². The molecule has 0 saturated carbocycles. The third-order valence-corrected chi connectivity index (χ3v) is 2.80. The molecule has 1 aromatic carbocycles. The number of rotatable bonds is 1. The van der Waals surface area contributed by atoms with Gasteiger partial charge in [0, 0.05) is 0 Å². The average Bonchev–Trinajstić information content (AvgIpc) is 2.84.